The molecule has 0 amide bonds. The molecule has 5 rings (SSSR count). The summed E-state index contributed by atoms with van der Waals surface area (Å²) in [5.41, 5.74) is 8.53. The third kappa shape index (κ3) is 3.43. The van der Waals surface area contributed by atoms with Gasteiger partial charge in [-0.2, -0.15) is 5.26 Å². The van der Waals surface area contributed by atoms with E-state index in [4.69, 9.17) is 15.4 Å². The quantitative estimate of drug-likeness (QED) is 0.423. The summed E-state index contributed by atoms with van der Waals surface area (Å²) < 4.78 is 8.97. The summed E-state index contributed by atoms with van der Waals surface area (Å²) in [6, 6.07) is 14.3. The molecular weight excluding hydrogens is 436 g/mol. The van der Waals surface area contributed by atoms with Crippen LogP contribution in [-0.4, -0.2) is 28.7 Å². The van der Waals surface area contributed by atoms with Crippen molar-refractivity contribution < 1.29 is 4.42 Å². The zero-order valence-electron chi connectivity index (χ0n) is 18.0. The van der Waals surface area contributed by atoms with E-state index in [2.05, 4.69) is 15.1 Å². The van der Waals surface area contributed by atoms with E-state index in [0.717, 1.165) is 5.56 Å². The van der Waals surface area contributed by atoms with E-state index in [-0.39, 0.29) is 30.2 Å². The molecule has 5 aromatic rings. The maximum Gasteiger partial charge on any atom is 0.353 e. The summed E-state index contributed by atoms with van der Waals surface area (Å²) in [4.78, 5) is 34.1. The molecule has 0 saturated heterocycles. The number of oxazole rings is 1. The average molecular weight is 454 g/mol. The van der Waals surface area contributed by atoms with Gasteiger partial charge in [0, 0.05) is 23.4 Å². The largest absolute Gasteiger partial charge is 0.448 e. The number of aromatic nitrogens is 6. The fourth-order valence-corrected chi connectivity index (χ4v) is 3.78. The van der Waals surface area contributed by atoms with Gasteiger partial charge in [-0.3, -0.25) is 4.79 Å². The molecule has 11 heteroatoms. The number of anilines is 1. The Morgan fingerprint density at radius 1 is 1.12 bits per heavy atom. The van der Waals surface area contributed by atoms with Gasteiger partial charge in [-0.25, -0.2) is 23.8 Å². The predicted octanol–water partition coefficient (Wildman–Crippen LogP) is 1.84. The van der Waals surface area contributed by atoms with Gasteiger partial charge >= 0.3 is 5.69 Å². The van der Waals surface area contributed by atoms with Gasteiger partial charge in [-0.15, -0.1) is 5.10 Å². The van der Waals surface area contributed by atoms with Gasteiger partial charge in [-0.05, 0) is 13.0 Å². The number of nitrogens with zero attached hydrogens (tertiary/aromatic N) is 7. The number of pyridine rings is 1. The van der Waals surface area contributed by atoms with Gasteiger partial charge in [-0.1, -0.05) is 30.3 Å². The van der Waals surface area contributed by atoms with E-state index in [1.807, 2.05) is 36.4 Å². The van der Waals surface area contributed by atoms with Gasteiger partial charge in [0.1, 0.15) is 18.0 Å². The molecule has 0 fully saturated rings. The molecule has 11 nitrogen and oxygen atoms in total. The Balaban J connectivity index is 1.83. The topological polar surface area (TPSA) is 150 Å². The first-order valence-corrected chi connectivity index (χ1v) is 10.3. The zero-order chi connectivity index (χ0) is 23.8. The van der Waals surface area contributed by atoms with Crippen LogP contribution in [0.2, 0.25) is 0 Å². The lowest BCUT2D eigenvalue weighted by Gasteiger charge is -2.13. The Hall–Kier alpha value is -4.98. The number of hydrogen-bond donors (Lipinski definition) is 1. The SMILES string of the molecule is Cc1ocnc1Cn1nc2c(-c3ccc(=O)n(CC#N)c3)c(-c3ccccc3)nc(N)n2c1=O. The molecule has 34 heavy (non-hydrogen) atoms. The van der Waals surface area contributed by atoms with Crippen molar-refractivity contribution in [3.63, 3.8) is 0 Å². The van der Waals surface area contributed by atoms with Crippen molar-refractivity contribution in [1.29, 1.82) is 5.26 Å². The lowest BCUT2D eigenvalue weighted by Crippen LogP contribution is -2.24. The molecule has 4 aromatic heterocycles. The maximum atomic E-state index is 13.2. The second-order valence-electron chi connectivity index (χ2n) is 7.56. The highest BCUT2D eigenvalue weighted by molar-refractivity contribution is 5.90. The normalized spacial score (nSPS) is 11.1. The molecule has 2 N–H and O–H groups in total. The minimum atomic E-state index is -0.492. The molecule has 0 unspecified atom stereocenters. The fraction of sp³-hybridized carbons (Fsp3) is 0.130. The van der Waals surface area contributed by atoms with Crippen LogP contribution in [0, 0.1) is 18.3 Å². The summed E-state index contributed by atoms with van der Waals surface area (Å²) in [7, 11) is 0. The molecule has 0 radical (unpaired) electrons. The van der Waals surface area contributed by atoms with E-state index in [1.165, 1.54) is 26.1 Å². The predicted molar refractivity (Wildman–Crippen MR) is 123 cm³/mol. The Kier molecular flexibility index (Phi) is 5.03. The van der Waals surface area contributed by atoms with Crippen molar-refractivity contribution in [2.75, 3.05) is 5.73 Å². The number of aryl methyl sites for hydroxylation is 1. The first-order chi connectivity index (χ1) is 16.5. The zero-order valence-corrected chi connectivity index (χ0v) is 18.0. The molecular formula is C23H18N8O3. The highest BCUT2D eigenvalue weighted by Gasteiger charge is 2.22. The van der Waals surface area contributed by atoms with Crippen LogP contribution in [0.3, 0.4) is 0 Å². The second-order valence-corrected chi connectivity index (χ2v) is 7.56. The van der Waals surface area contributed by atoms with Crippen LogP contribution in [0.4, 0.5) is 5.95 Å². The van der Waals surface area contributed by atoms with Crippen LogP contribution in [0.25, 0.3) is 28.0 Å². The van der Waals surface area contributed by atoms with Gasteiger partial charge in [0.15, 0.2) is 12.0 Å². The summed E-state index contributed by atoms with van der Waals surface area (Å²) in [5.74, 6) is 0.542. The van der Waals surface area contributed by atoms with Crippen LogP contribution in [0.1, 0.15) is 11.5 Å². The van der Waals surface area contributed by atoms with Crippen molar-refractivity contribution in [1.82, 2.24) is 28.7 Å². The molecule has 0 bridgehead atoms. The molecule has 0 aliphatic carbocycles. The summed E-state index contributed by atoms with van der Waals surface area (Å²) in [6.45, 7) is 1.70. The van der Waals surface area contributed by atoms with Crippen LogP contribution in [0.15, 0.2) is 69.1 Å². The van der Waals surface area contributed by atoms with Crippen LogP contribution < -0.4 is 17.0 Å². The maximum absolute atomic E-state index is 13.2. The summed E-state index contributed by atoms with van der Waals surface area (Å²) in [5, 5.41) is 13.7. The number of nitrogen functional groups attached to an aromatic ring is 1. The van der Waals surface area contributed by atoms with Gasteiger partial charge in [0.05, 0.1) is 23.9 Å². The van der Waals surface area contributed by atoms with Gasteiger partial charge in [0.25, 0.3) is 5.56 Å². The first-order valence-electron chi connectivity index (χ1n) is 10.3. The Morgan fingerprint density at radius 2 is 1.91 bits per heavy atom. The van der Waals surface area contributed by atoms with Gasteiger partial charge in [0.2, 0.25) is 5.95 Å². The van der Waals surface area contributed by atoms with Crippen LogP contribution in [-0.2, 0) is 13.1 Å². The molecule has 1 aromatic carbocycles. The Bertz CT molecular complexity index is 1690. The number of nitriles is 1. The monoisotopic (exact) mass is 454 g/mol. The van der Waals surface area contributed by atoms with Crippen molar-refractivity contribution in [2.45, 2.75) is 20.0 Å². The third-order valence-electron chi connectivity index (χ3n) is 5.46. The lowest BCUT2D eigenvalue weighted by molar-refractivity contribution is 0.521. The van der Waals surface area contributed by atoms with E-state index in [0.29, 0.717) is 28.3 Å². The molecule has 168 valence electrons. The number of rotatable bonds is 5. The van der Waals surface area contributed by atoms with Crippen molar-refractivity contribution in [3.8, 4) is 28.5 Å². The highest BCUT2D eigenvalue weighted by atomic mass is 16.3. The number of hydrogen-bond acceptors (Lipinski definition) is 8. The average Bonchev–Trinajstić information content (AvgIpc) is 3.39. The second kappa shape index (κ2) is 8.18. The van der Waals surface area contributed by atoms with Crippen LogP contribution >= 0.6 is 0 Å². The minimum absolute atomic E-state index is 0.0314. The molecule has 0 aliphatic rings. The minimum Gasteiger partial charge on any atom is -0.448 e. The standard InChI is InChI=1S/C23H18N8O3/c1-14-17(26-13-34-14)12-30-23(33)31-21(28-30)19(16-7-8-18(32)29(11-16)10-9-24)20(27-22(31)25)15-5-3-2-4-6-15/h2-8,11,13H,10,12H2,1H3,(H2,25,27). The molecule has 0 aliphatic heterocycles. The Labute approximate surface area is 192 Å². The molecule has 0 saturated carbocycles. The van der Waals surface area contributed by atoms with Gasteiger partial charge < -0.3 is 14.7 Å². The first kappa shape index (κ1) is 20.9. The number of benzene rings is 1. The van der Waals surface area contributed by atoms with Crippen molar-refractivity contribution in [3.05, 3.63) is 87.3 Å². The smallest absolute Gasteiger partial charge is 0.353 e. The van der Waals surface area contributed by atoms with E-state index in [9.17, 15) is 9.59 Å². The van der Waals surface area contributed by atoms with Crippen molar-refractivity contribution >= 4 is 11.6 Å². The number of fused-ring (bicyclic) bond motifs is 1. The highest BCUT2D eigenvalue weighted by Crippen LogP contribution is 2.33. The lowest BCUT2D eigenvalue weighted by atomic mass is 10.0. The molecule has 0 atom stereocenters. The van der Waals surface area contributed by atoms with E-state index >= 15 is 0 Å². The van der Waals surface area contributed by atoms with E-state index < -0.39 is 5.69 Å². The van der Waals surface area contributed by atoms with Crippen LogP contribution in [0.5, 0.6) is 0 Å². The van der Waals surface area contributed by atoms with Crippen molar-refractivity contribution in [2.24, 2.45) is 0 Å². The van der Waals surface area contributed by atoms with E-state index in [1.54, 1.807) is 19.2 Å². The molecule has 0 spiro atoms. The fourth-order valence-electron chi connectivity index (χ4n) is 3.78. The number of nitrogens with two attached hydrogens (primary N) is 1. The molecule has 4 heterocycles. The Morgan fingerprint density at radius 3 is 2.62 bits per heavy atom. The third-order valence-corrected chi connectivity index (χ3v) is 5.46. The summed E-state index contributed by atoms with van der Waals surface area (Å²) in [6.07, 6.45) is 2.86. The summed E-state index contributed by atoms with van der Waals surface area (Å²) >= 11 is 0.